The van der Waals surface area contributed by atoms with Gasteiger partial charge in [0.25, 0.3) is 0 Å². The van der Waals surface area contributed by atoms with Crippen LogP contribution in [0, 0.1) is 0 Å². The summed E-state index contributed by atoms with van der Waals surface area (Å²) in [6, 6.07) is -0.827. The first-order valence-electron chi connectivity index (χ1n) is 9.29. The molecular formula is C18H45ClN4O4. The van der Waals surface area contributed by atoms with Crippen LogP contribution < -0.4 is 29.0 Å². The van der Waals surface area contributed by atoms with Crippen LogP contribution in [0.4, 0.5) is 0 Å². The molecule has 0 radical (unpaired) electrons. The third-order valence-electron chi connectivity index (χ3n) is 3.25. The van der Waals surface area contributed by atoms with E-state index in [4.69, 9.17) is 21.7 Å². The number of carbonyl (C=O) groups is 1. The van der Waals surface area contributed by atoms with Crippen LogP contribution in [-0.2, 0) is 4.79 Å². The van der Waals surface area contributed by atoms with Gasteiger partial charge in [-0.1, -0.05) is 6.42 Å². The van der Waals surface area contributed by atoms with Crippen molar-refractivity contribution in [3.8, 4) is 0 Å². The molecule has 8 nitrogen and oxygen atoms in total. The fraction of sp³-hybridized carbons (Fsp3) is 0.944. The fourth-order valence-corrected chi connectivity index (χ4v) is 1.72. The first-order chi connectivity index (χ1) is 11.8. The van der Waals surface area contributed by atoms with E-state index in [-0.39, 0.29) is 12.4 Å². The van der Waals surface area contributed by atoms with E-state index in [2.05, 4.69) is 42.3 Å². The van der Waals surface area contributed by atoms with E-state index >= 15 is 0 Å². The molecule has 0 spiro atoms. The first kappa shape index (κ1) is 34.1. The van der Waals surface area contributed by atoms with Crippen molar-refractivity contribution in [2.24, 2.45) is 11.5 Å². The van der Waals surface area contributed by atoms with Crippen molar-refractivity contribution in [1.29, 1.82) is 0 Å². The standard InChI is InChI=1S/C6H14N2O2.2C6H16NO.ClH/c7-4-2-1-3-5(8)6(9)10;2*1-7(2,3)5-4-6-8;/h5H,1-4,7-8H2,(H,9,10);2*8H,4-6H2,1-3H3;1H/q;2*+1;/p-2/t5-;;;/m0.../s1. The molecule has 9 heteroatoms. The van der Waals surface area contributed by atoms with Crippen molar-refractivity contribution in [1.82, 2.24) is 0 Å². The van der Waals surface area contributed by atoms with Crippen LogP contribution in [0.25, 0.3) is 0 Å². The highest BCUT2D eigenvalue weighted by Crippen LogP contribution is 1.96. The zero-order chi connectivity index (χ0) is 21.2. The van der Waals surface area contributed by atoms with Crippen molar-refractivity contribution in [2.45, 2.75) is 38.1 Å². The number of hydrogen-bond donors (Lipinski definition) is 4. The molecule has 1 atom stereocenters. The summed E-state index contributed by atoms with van der Waals surface area (Å²) in [5, 5.41) is 26.9. The molecule has 0 aromatic heterocycles. The van der Waals surface area contributed by atoms with E-state index in [9.17, 15) is 9.90 Å². The van der Waals surface area contributed by atoms with E-state index in [1.807, 2.05) is 0 Å². The van der Waals surface area contributed by atoms with Gasteiger partial charge in [0.2, 0.25) is 0 Å². The summed E-state index contributed by atoms with van der Waals surface area (Å²) in [6.07, 6.45) is 3.85. The number of aliphatic hydroxyl groups is 2. The highest BCUT2D eigenvalue weighted by molar-refractivity contribution is 5.70. The summed E-state index contributed by atoms with van der Waals surface area (Å²) < 4.78 is 1.89. The Labute approximate surface area is 172 Å². The number of nitrogens with two attached hydrogens (primary N) is 2. The molecule has 0 aliphatic rings. The number of aliphatic carboxylic acids is 1. The van der Waals surface area contributed by atoms with Crippen LogP contribution in [0.2, 0.25) is 0 Å². The lowest BCUT2D eigenvalue weighted by atomic mass is 10.1. The maximum atomic E-state index is 10.0. The van der Waals surface area contributed by atoms with Gasteiger partial charge in [0.05, 0.1) is 61.3 Å². The Morgan fingerprint density at radius 1 is 0.889 bits per heavy atom. The monoisotopic (exact) mass is 416 g/mol. The lowest BCUT2D eigenvalue weighted by molar-refractivity contribution is -0.870. The molecule has 0 aromatic carbocycles. The Bertz CT molecular complexity index is 303. The van der Waals surface area contributed by atoms with Gasteiger partial charge in [-0.05, 0) is 19.4 Å². The van der Waals surface area contributed by atoms with Crippen LogP contribution in [0.3, 0.4) is 0 Å². The fourth-order valence-electron chi connectivity index (χ4n) is 1.72. The summed E-state index contributed by atoms with van der Waals surface area (Å²) in [4.78, 5) is 10.0. The molecule has 0 fully saturated rings. The largest absolute Gasteiger partial charge is 1.00 e. The van der Waals surface area contributed by atoms with Gasteiger partial charge in [0, 0.05) is 32.1 Å². The zero-order valence-corrected chi connectivity index (χ0v) is 19.0. The Balaban J connectivity index is -0.000000146. The van der Waals surface area contributed by atoms with Gasteiger partial charge in [0.1, 0.15) is 0 Å². The first-order valence-corrected chi connectivity index (χ1v) is 9.29. The highest BCUT2D eigenvalue weighted by Gasteiger charge is 2.04. The molecule has 0 amide bonds. The molecule has 0 aromatic rings. The average Bonchev–Trinajstić information content (AvgIpc) is 2.50. The molecule has 0 unspecified atom stereocenters. The van der Waals surface area contributed by atoms with Crippen LogP contribution in [0.15, 0.2) is 0 Å². The summed E-state index contributed by atoms with van der Waals surface area (Å²) in [7, 11) is 12.7. The SMILES string of the molecule is C[N+](C)(C)CCCO.C[N+](C)(C)CCCO.NCCCC[C@H](N)C(=O)[O-].[Cl-]. The molecule has 0 heterocycles. The number of halogens is 1. The summed E-state index contributed by atoms with van der Waals surface area (Å²) in [5.41, 5.74) is 10.3. The van der Waals surface area contributed by atoms with Gasteiger partial charge >= 0.3 is 0 Å². The number of nitrogens with zero attached hydrogens (tertiary/aromatic N) is 2. The van der Waals surface area contributed by atoms with E-state index < -0.39 is 12.0 Å². The molecule has 0 aliphatic carbocycles. The number of hydrogen-bond acceptors (Lipinski definition) is 6. The lowest BCUT2D eigenvalue weighted by Gasteiger charge is -2.22. The van der Waals surface area contributed by atoms with Gasteiger partial charge in [-0.15, -0.1) is 0 Å². The predicted molar refractivity (Wildman–Crippen MR) is 105 cm³/mol. The van der Waals surface area contributed by atoms with Crippen LogP contribution in [-0.4, -0.2) is 106 Å². The van der Waals surface area contributed by atoms with Gasteiger partial charge in [0.15, 0.2) is 0 Å². The van der Waals surface area contributed by atoms with Crippen molar-refractivity contribution in [2.75, 3.05) is 75.1 Å². The van der Waals surface area contributed by atoms with E-state index in [1.54, 1.807) is 0 Å². The summed E-state index contributed by atoms with van der Waals surface area (Å²) in [6.45, 7) is 3.32. The number of quaternary nitrogens is 2. The van der Waals surface area contributed by atoms with Crippen molar-refractivity contribution < 1.29 is 41.5 Å². The molecule has 6 N–H and O–H groups in total. The minimum atomic E-state index is -1.18. The van der Waals surface area contributed by atoms with Gasteiger partial charge in [-0.2, -0.15) is 0 Å². The summed E-state index contributed by atoms with van der Waals surface area (Å²) in [5.74, 6) is -1.18. The number of carboxylic acids is 1. The van der Waals surface area contributed by atoms with Crippen LogP contribution >= 0.6 is 0 Å². The van der Waals surface area contributed by atoms with Crippen molar-refractivity contribution in [3.05, 3.63) is 0 Å². The second-order valence-corrected chi connectivity index (χ2v) is 8.39. The molecule has 0 bridgehead atoms. The molecular weight excluding hydrogens is 372 g/mol. The van der Waals surface area contributed by atoms with Crippen LogP contribution in [0.1, 0.15) is 32.1 Å². The Kier molecular flexibility index (Phi) is 25.6. The number of carboxylic acid groups (broad SMARTS) is 1. The Morgan fingerprint density at radius 3 is 1.44 bits per heavy atom. The van der Waals surface area contributed by atoms with Gasteiger partial charge < -0.3 is 53.0 Å². The third kappa shape index (κ3) is 41.2. The summed E-state index contributed by atoms with van der Waals surface area (Å²) >= 11 is 0. The van der Waals surface area contributed by atoms with E-state index in [1.165, 1.54) is 0 Å². The van der Waals surface area contributed by atoms with Crippen molar-refractivity contribution >= 4 is 5.97 Å². The second-order valence-electron chi connectivity index (χ2n) is 8.39. The highest BCUT2D eigenvalue weighted by atomic mass is 35.5. The van der Waals surface area contributed by atoms with Gasteiger partial charge in [-0.25, -0.2) is 0 Å². The minimum Gasteiger partial charge on any atom is -1.00 e. The Hall–Kier alpha value is -0.480. The third-order valence-corrected chi connectivity index (χ3v) is 3.25. The number of unbranched alkanes of at least 4 members (excludes halogenated alkanes) is 1. The topological polar surface area (TPSA) is 133 Å². The van der Waals surface area contributed by atoms with E-state index in [0.29, 0.717) is 26.2 Å². The lowest BCUT2D eigenvalue weighted by Crippen LogP contribution is -3.00. The zero-order valence-electron chi connectivity index (χ0n) is 18.3. The molecule has 0 saturated heterocycles. The predicted octanol–water partition coefficient (Wildman–Crippen LogP) is -4.65. The smallest absolute Gasteiger partial charge is 0.0802 e. The number of rotatable bonds is 11. The molecule has 0 aliphatic heterocycles. The molecule has 0 rings (SSSR count). The van der Waals surface area contributed by atoms with Crippen LogP contribution in [0.5, 0.6) is 0 Å². The van der Waals surface area contributed by atoms with E-state index in [0.717, 1.165) is 47.7 Å². The maximum Gasteiger partial charge on any atom is 0.0802 e. The molecule has 0 saturated carbocycles. The minimum absolute atomic E-state index is 0. The molecule has 27 heavy (non-hydrogen) atoms. The Morgan fingerprint density at radius 2 is 1.26 bits per heavy atom. The average molecular weight is 417 g/mol. The van der Waals surface area contributed by atoms with Crippen molar-refractivity contribution in [3.63, 3.8) is 0 Å². The number of carbonyl (C=O) groups excluding carboxylic acids is 1. The second kappa shape index (κ2) is 20.3. The normalized spacial score (nSPS) is 11.9. The molecule has 168 valence electrons. The maximum absolute atomic E-state index is 10.0. The van der Waals surface area contributed by atoms with Gasteiger partial charge in [-0.3, -0.25) is 0 Å². The number of aliphatic hydroxyl groups excluding tert-OH is 2. The quantitative estimate of drug-likeness (QED) is 0.198.